The molecule has 4 nitrogen and oxygen atoms in total. The molecular formula is C15H18BrClN4. The van der Waals surface area contributed by atoms with Gasteiger partial charge in [-0.2, -0.15) is 0 Å². The highest BCUT2D eigenvalue weighted by Gasteiger charge is 2.10. The van der Waals surface area contributed by atoms with Gasteiger partial charge in [-0.1, -0.05) is 18.5 Å². The van der Waals surface area contributed by atoms with Crippen molar-refractivity contribution in [2.75, 3.05) is 17.7 Å². The molecule has 1 aromatic heterocycles. The number of benzene rings is 1. The van der Waals surface area contributed by atoms with Gasteiger partial charge in [0.05, 0.1) is 5.02 Å². The van der Waals surface area contributed by atoms with Crippen LogP contribution >= 0.6 is 27.5 Å². The molecular weight excluding hydrogens is 352 g/mol. The summed E-state index contributed by atoms with van der Waals surface area (Å²) in [4.78, 5) is 9.12. The van der Waals surface area contributed by atoms with Crippen LogP contribution in [0.5, 0.6) is 0 Å². The molecule has 2 N–H and O–H groups in total. The van der Waals surface area contributed by atoms with Crippen LogP contribution in [0.4, 0.5) is 17.3 Å². The molecule has 0 bridgehead atoms. The van der Waals surface area contributed by atoms with Crippen LogP contribution in [0, 0.1) is 6.92 Å². The number of hydrogen-bond acceptors (Lipinski definition) is 4. The number of hydrogen-bond donors (Lipinski definition) is 2. The van der Waals surface area contributed by atoms with Gasteiger partial charge in [0.1, 0.15) is 17.5 Å². The molecule has 0 aliphatic heterocycles. The Balaban J connectivity index is 2.37. The van der Waals surface area contributed by atoms with Gasteiger partial charge >= 0.3 is 0 Å². The van der Waals surface area contributed by atoms with Gasteiger partial charge in [-0.3, -0.25) is 0 Å². The monoisotopic (exact) mass is 368 g/mol. The number of rotatable bonds is 5. The Labute approximate surface area is 138 Å². The molecule has 0 aliphatic rings. The summed E-state index contributed by atoms with van der Waals surface area (Å²) in [6.45, 7) is 4.11. The minimum absolute atomic E-state index is 0.661. The molecule has 0 aliphatic carbocycles. The molecule has 0 saturated carbocycles. The van der Waals surface area contributed by atoms with Crippen LogP contribution in [-0.2, 0) is 6.42 Å². The number of nitrogens with one attached hydrogen (secondary N) is 2. The Bertz CT molecular complexity index is 646. The minimum Gasteiger partial charge on any atom is -0.373 e. The third kappa shape index (κ3) is 3.86. The summed E-state index contributed by atoms with van der Waals surface area (Å²) >= 11 is 9.52. The summed E-state index contributed by atoms with van der Waals surface area (Å²) in [7, 11) is 1.87. The van der Waals surface area contributed by atoms with Crippen molar-refractivity contribution in [3.63, 3.8) is 0 Å². The predicted octanol–water partition coefficient (Wildman–Crippen LogP) is 4.94. The maximum Gasteiger partial charge on any atom is 0.139 e. The van der Waals surface area contributed by atoms with Gasteiger partial charge in [0, 0.05) is 29.2 Å². The molecule has 0 spiro atoms. The fourth-order valence-corrected chi connectivity index (χ4v) is 2.40. The average molecular weight is 370 g/mol. The SMILES string of the molecule is CCCc1nc(NC)c(C)c(Nc2ccc(Br)c(Cl)c2)n1. The summed E-state index contributed by atoms with van der Waals surface area (Å²) in [5.74, 6) is 2.48. The molecule has 1 aromatic carbocycles. The molecule has 0 radical (unpaired) electrons. The van der Waals surface area contributed by atoms with E-state index < -0.39 is 0 Å². The first-order valence-electron chi connectivity index (χ1n) is 6.82. The lowest BCUT2D eigenvalue weighted by molar-refractivity contribution is 0.835. The Kier molecular flexibility index (Phi) is 5.42. The molecule has 2 aromatic rings. The average Bonchev–Trinajstić information content (AvgIpc) is 2.46. The molecule has 2 rings (SSSR count). The summed E-state index contributed by atoms with van der Waals surface area (Å²) in [5.41, 5.74) is 1.88. The van der Waals surface area contributed by atoms with E-state index in [0.717, 1.165) is 46.0 Å². The molecule has 6 heteroatoms. The van der Waals surface area contributed by atoms with Gasteiger partial charge in [0.2, 0.25) is 0 Å². The Morgan fingerprint density at radius 3 is 2.57 bits per heavy atom. The molecule has 0 atom stereocenters. The Hall–Kier alpha value is -1.33. The van der Waals surface area contributed by atoms with Gasteiger partial charge < -0.3 is 10.6 Å². The fourth-order valence-electron chi connectivity index (χ4n) is 1.97. The quantitative estimate of drug-likeness (QED) is 0.784. The van der Waals surface area contributed by atoms with Crippen molar-refractivity contribution in [1.29, 1.82) is 0 Å². The molecule has 0 fully saturated rings. The van der Waals surface area contributed by atoms with Crippen molar-refractivity contribution < 1.29 is 0 Å². The van der Waals surface area contributed by atoms with E-state index in [9.17, 15) is 0 Å². The van der Waals surface area contributed by atoms with Crippen LogP contribution in [0.3, 0.4) is 0 Å². The lowest BCUT2D eigenvalue weighted by Crippen LogP contribution is -2.07. The molecule has 0 saturated heterocycles. The second kappa shape index (κ2) is 7.09. The highest BCUT2D eigenvalue weighted by Crippen LogP contribution is 2.29. The van der Waals surface area contributed by atoms with Crippen molar-refractivity contribution in [2.24, 2.45) is 0 Å². The van der Waals surface area contributed by atoms with E-state index in [1.807, 2.05) is 32.2 Å². The largest absolute Gasteiger partial charge is 0.373 e. The molecule has 112 valence electrons. The van der Waals surface area contributed by atoms with Gasteiger partial charge in [-0.25, -0.2) is 9.97 Å². The van der Waals surface area contributed by atoms with E-state index in [1.54, 1.807) is 0 Å². The zero-order chi connectivity index (χ0) is 15.4. The van der Waals surface area contributed by atoms with Crippen LogP contribution in [0.25, 0.3) is 0 Å². The Morgan fingerprint density at radius 1 is 1.24 bits per heavy atom. The molecule has 1 heterocycles. The first-order valence-corrected chi connectivity index (χ1v) is 7.99. The van der Waals surface area contributed by atoms with Crippen molar-refractivity contribution in [2.45, 2.75) is 26.7 Å². The smallest absolute Gasteiger partial charge is 0.139 e. The first-order chi connectivity index (χ1) is 10.0. The van der Waals surface area contributed by atoms with Crippen molar-refractivity contribution in [3.8, 4) is 0 Å². The second-order valence-corrected chi connectivity index (χ2v) is 5.98. The van der Waals surface area contributed by atoms with E-state index in [0.29, 0.717) is 5.02 Å². The van der Waals surface area contributed by atoms with Gasteiger partial charge in [0.25, 0.3) is 0 Å². The van der Waals surface area contributed by atoms with Gasteiger partial charge in [0.15, 0.2) is 0 Å². The normalized spacial score (nSPS) is 10.5. The number of aryl methyl sites for hydroxylation is 1. The molecule has 21 heavy (non-hydrogen) atoms. The van der Waals surface area contributed by atoms with E-state index >= 15 is 0 Å². The summed E-state index contributed by atoms with van der Waals surface area (Å²) in [6, 6.07) is 5.73. The van der Waals surface area contributed by atoms with Crippen LogP contribution in [-0.4, -0.2) is 17.0 Å². The second-order valence-electron chi connectivity index (χ2n) is 4.72. The first kappa shape index (κ1) is 16.0. The summed E-state index contributed by atoms with van der Waals surface area (Å²) in [5, 5.41) is 7.09. The summed E-state index contributed by atoms with van der Waals surface area (Å²) < 4.78 is 0.872. The standard InChI is InChI=1S/C15H18BrClN4/c1-4-5-13-20-14(18-3)9(2)15(21-13)19-10-6-7-11(16)12(17)8-10/h6-8H,4-5H2,1-3H3,(H2,18,19,20,21). The maximum atomic E-state index is 6.13. The van der Waals surface area contributed by atoms with E-state index in [1.165, 1.54) is 0 Å². The predicted molar refractivity (Wildman–Crippen MR) is 92.7 cm³/mol. The summed E-state index contributed by atoms with van der Waals surface area (Å²) in [6.07, 6.45) is 1.86. The number of anilines is 3. The zero-order valence-electron chi connectivity index (χ0n) is 12.3. The maximum absolute atomic E-state index is 6.13. The topological polar surface area (TPSA) is 49.8 Å². The van der Waals surface area contributed by atoms with Gasteiger partial charge in [-0.05, 0) is 47.5 Å². The number of halogens is 2. The van der Waals surface area contributed by atoms with Gasteiger partial charge in [-0.15, -0.1) is 0 Å². The third-order valence-corrected chi connectivity index (χ3v) is 4.32. The highest BCUT2D eigenvalue weighted by molar-refractivity contribution is 9.10. The number of nitrogens with zero attached hydrogens (tertiary/aromatic N) is 2. The van der Waals surface area contributed by atoms with Crippen molar-refractivity contribution in [3.05, 3.63) is 39.1 Å². The van der Waals surface area contributed by atoms with Crippen LogP contribution < -0.4 is 10.6 Å². The highest BCUT2D eigenvalue weighted by atomic mass is 79.9. The zero-order valence-corrected chi connectivity index (χ0v) is 14.6. The third-order valence-electron chi connectivity index (χ3n) is 3.08. The Morgan fingerprint density at radius 2 is 1.95 bits per heavy atom. The molecule has 0 unspecified atom stereocenters. The lowest BCUT2D eigenvalue weighted by atomic mass is 10.2. The number of aromatic nitrogens is 2. The van der Waals surface area contributed by atoms with E-state index in [2.05, 4.69) is 43.5 Å². The fraction of sp³-hybridized carbons (Fsp3) is 0.333. The van der Waals surface area contributed by atoms with Crippen molar-refractivity contribution >= 4 is 44.9 Å². The van der Waals surface area contributed by atoms with Crippen molar-refractivity contribution in [1.82, 2.24) is 9.97 Å². The van der Waals surface area contributed by atoms with Crippen LogP contribution in [0.1, 0.15) is 24.7 Å². The van der Waals surface area contributed by atoms with E-state index in [4.69, 9.17) is 11.6 Å². The minimum atomic E-state index is 0.661. The molecule has 0 amide bonds. The van der Waals surface area contributed by atoms with E-state index in [-0.39, 0.29) is 0 Å². The van der Waals surface area contributed by atoms with Crippen LogP contribution in [0.2, 0.25) is 5.02 Å². The lowest BCUT2D eigenvalue weighted by Gasteiger charge is -2.14. The van der Waals surface area contributed by atoms with Crippen LogP contribution in [0.15, 0.2) is 22.7 Å².